The second-order valence-corrected chi connectivity index (χ2v) is 6.73. The summed E-state index contributed by atoms with van der Waals surface area (Å²) in [7, 11) is 0. The molecule has 0 aliphatic heterocycles. The summed E-state index contributed by atoms with van der Waals surface area (Å²) in [5, 5.41) is 0. The maximum Gasteiger partial charge on any atom is 0.314 e. The van der Waals surface area contributed by atoms with Gasteiger partial charge in [-0.2, -0.15) is 0 Å². The highest BCUT2D eigenvalue weighted by atomic mass is 16.9. The van der Waals surface area contributed by atoms with Gasteiger partial charge in [-0.25, -0.2) is 0 Å². The Morgan fingerprint density at radius 1 is 0.696 bits per heavy atom. The van der Waals surface area contributed by atoms with Gasteiger partial charge in [-0.1, -0.05) is 40.5 Å². The molecule has 0 aromatic heterocycles. The van der Waals surface area contributed by atoms with Crippen molar-refractivity contribution in [3.05, 3.63) is 0 Å². The molecular weight excluding hydrogens is 292 g/mol. The smallest absolute Gasteiger partial charge is 0.314 e. The zero-order chi connectivity index (χ0) is 18.1. The van der Waals surface area contributed by atoms with E-state index in [4.69, 9.17) is 18.9 Å². The van der Waals surface area contributed by atoms with E-state index in [1.54, 1.807) is 0 Å². The Hall–Kier alpha value is -0.160. The van der Waals surface area contributed by atoms with Crippen molar-refractivity contribution in [2.45, 2.75) is 86.7 Å². The van der Waals surface area contributed by atoms with Crippen molar-refractivity contribution in [1.29, 1.82) is 0 Å². The zero-order valence-corrected chi connectivity index (χ0v) is 17.0. The van der Waals surface area contributed by atoms with E-state index in [-0.39, 0.29) is 5.41 Å². The van der Waals surface area contributed by atoms with Crippen molar-refractivity contribution in [3.8, 4) is 0 Å². The summed E-state index contributed by atoms with van der Waals surface area (Å²) in [5.41, 5.74) is -0.927. The van der Waals surface area contributed by atoms with Gasteiger partial charge in [0, 0.05) is 31.8 Å². The molecule has 0 radical (unpaired) electrons. The first-order chi connectivity index (χ1) is 10.7. The van der Waals surface area contributed by atoms with Crippen LogP contribution in [0.1, 0.15) is 75.2 Å². The van der Waals surface area contributed by atoms with Gasteiger partial charge in [-0.05, 0) is 40.5 Å². The fourth-order valence-electron chi connectivity index (χ4n) is 3.33. The zero-order valence-electron chi connectivity index (χ0n) is 17.0. The fraction of sp³-hybridized carbons (Fsp3) is 1.00. The summed E-state index contributed by atoms with van der Waals surface area (Å²) in [5.74, 6) is -0.767. The number of hydrogen-bond acceptors (Lipinski definition) is 4. The highest BCUT2D eigenvalue weighted by Crippen LogP contribution is 2.50. The van der Waals surface area contributed by atoms with E-state index < -0.39 is 11.6 Å². The van der Waals surface area contributed by atoms with Crippen LogP contribution in [-0.2, 0) is 18.9 Å². The molecule has 0 aromatic rings. The van der Waals surface area contributed by atoms with E-state index in [2.05, 4.69) is 34.6 Å². The lowest BCUT2D eigenvalue weighted by Gasteiger charge is -2.55. The standard InChI is InChI=1S/C19H40O4/c1-10-15-16(6)17(7,8)18(9,20-11-2)19(21-12-3,22-13-4)23-14-5/h16H,10-15H2,1-9H3. The van der Waals surface area contributed by atoms with Gasteiger partial charge in [-0.3, -0.25) is 0 Å². The Labute approximate surface area is 144 Å². The first-order valence-corrected chi connectivity index (χ1v) is 9.28. The van der Waals surface area contributed by atoms with E-state index in [9.17, 15) is 0 Å². The fourth-order valence-corrected chi connectivity index (χ4v) is 3.33. The normalized spacial score (nSPS) is 17.1. The minimum absolute atomic E-state index is 0.196. The molecule has 4 heteroatoms. The Kier molecular flexibility index (Phi) is 9.90. The molecular formula is C19H40O4. The average molecular weight is 333 g/mol. The molecule has 140 valence electrons. The van der Waals surface area contributed by atoms with Crippen LogP contribution < -0.4 is 0 Å². The third-order valence-corrected chi connectivity index (χ3v) is 5.20. The maximum absolute atomic E-state index is 6.31. The molecule has 0 rings (SSSR count). The van der Waals surface area contributed by atoms with Crippen LogP contribution in [0.4, 0.5) is 0 Å². The quantitative estimate of drug-likeness (QED) is 0.444. The summed E-state index contributed by atoms with van der Waals surface area (Å²) in [6.07, 6.45) is 2.26. The summed E-state index contributed by atoms with van der Waals surface area (Å²) in [6.45, 7) is 21.0. The van der Waals surface area contributed by atoms with Crippen LogP contribution in [0.3, 0.4) is 0 Å². The summed E-state index contributed by atoms with van der Waals surface area (Å²) in [6, 6.07) is 0. The highest BCUT2D eigenvalue weighted by Gasteiger charge is 2.62. The monoisotopic (exact) mass is 332 g/mol. The molecule has 0 heterocycles. The summed E-state index contributed by atoms with van der Waals surface area (Å²) >= 11 is 0. The molecule has 0 spiro atoms. The molecule has 0 bridgehead atoms. The van der Waals surface area contributed by atoms with Crippen LogP contribution in [-0.4, -0.2) is 38.0 Å². The first kappa shape index (κ1) is 22.8. The second-order valence-electron chi connectivity index (χ2n) is 6.73. The minimum Gasteiger partial charge on any atom is -0.367 e. The third-order valence-electron chi connectivity index (χ3n) is 5.20. The van der Waals surface area contributed by atoms with Crippen LogP contribution >= 0.6 is 0 Å². The highest BCUT2D eigenvalue weighted by molar-refractivity contribution is 5.01. The summed E-state index contributed by atoms with van der Waals surface area (Å²) < 4.78 is 24.5. The van der Waals surface area contributed by atoms with Crippen LogP contribution in [0.2, 0.25) is 0 Å². The predicted molar refractivity (Wildman–Crippen MR) is 95.5 cm³/mol. The lowest BCUT2D eigenvalue weighted by Crippen LogP contribution is -2.67. The Balaban J connectivity index is 6.06. The topological polar surface area (TPSA) is 36.9 Å². The van der Waals surface area contributed by atoms with Gasteiger partial charge >= 0.3 is 5.97 Å². The van der Waals surface area contributed by atoms with Crippen molar-refractivity contribution in [2.75, 3.05) is 26.4 Å². The molecule has 0 N–H and O–H groups in total. The van der Waals surface area contributed by atoms with E-state index in [0.29, 0.717) is 32.3 Å². The van der Waals surface area contributed by atoms with Crippen molar-refractivity contribution in [2.24, 2.45) is 11.3 Å². The van der Waals surface area contributed by atoms with Gasteiger partial charge in [0.1, 0.15) is 0 Å². The van der Waals surface area contributed by atoms with E-state index in [1.807, 2.05) is 27.7 Å². The first-order valence-electron chi connectivity index (χ1n) is 9.28. The van der Waals surface area contributed by atoms with Gasteiger partial charge in [0.2, 0.25) is 0 Å². The van der Waals surface area contributed by atoms with Crippen LogP contribution in [0, 0.1) is 11.3 Å². The lowest BCUT2D eigenvalue weighted by atomic mass is 9.65. The molecule has 0 aliphatic carbocycles. The molecule has 23 heavy (non-hydrogen) atoms. The largest absolute Gasteiger partial charge is 0.367 e. The third kappa shape index (κ3) is 4.68. The molecule has 2 unspecified atom stereocenters. The molecule has 0 fully saturated rings. The number of ether oxygens (including phenoxy) is 4. The Bertz CT molecular complexity index is 299. The minimum atomic E-state index is -1.20. The average Bonchev–Trinajstić information content (AvgIpc) is 2.48. The van der Waals surface area contributed by atoms with Crippen LogP contribution in [0.5, 0.6) is 0 Å². The van der Waals surface area contributed by atoms with Gasteiger partial charge in [0.25, 0.3) is 0 Å². The van der Waals surface area contributed by atoms with Crippen molar-refractivity contribution >= 4 is 0 Å². The molecule has 0 saturated carbocycles. The Morgan fingerprint density at radius 2 is 1.09 bits per heavy atom. The SMILES string of the molecule is CCCC(C)C(C)(C)C(C)(OCC)C(OCC)(OCC)OCC. The molecule has 2 atom stereocenters. The molecule has 0 aliphatic rings. The molecule has 4 nitrogen and oxygen atoms in total. The van der Waals surface area contributed by atoms with Crippen molar-refractivity contribution in [1.82, 2.24) is 0 Å². The number of rotatable bonds is 13. The summed E-state index contributed by atoms with van der Waals surface area (Å²) in [4.78, 5) is 0. The molecule has 0 saturated heterocycles. The van der Waals surface area contributed by atoms with Crippen LogP contribution in [0.25, 0.3) is 0 Å². The van der Waals surface area contributed by atoms with Gasteiger partial charge in [-0.15, -0.1) is 0 Å². The lowest BCUT2D eigenvalue weighted by molar-refractivity contribution is -0.460. The van der Waals surface area contributed by atoms with E-state index in [1.165, 1.54) is 0 Å². The molecule has 0 amide bonds. The maximum atomic E-state index is 6.31. The van der Waals surface area contributed by atoms with E-state index >= 15 is 0 Å². The van der Waals surface area contributed by atoms with Crippen molar-refractivity contribution in [3.63, 3.8) is 0 Å². The van der Waals surface area contributed by atoms with Gasteiger partial charge < -0.3 is 18.9 Å². The molecule has 0 aromatic carbocycles. The van der Waals surface area contributed by atoms with Gasteiger partial charge in [0.15, 0.2) is 5.60 Å². The second kappa shape index (κ2) is 9.97. The Morgan fingerprint density at radius 3 is 1.39 bits per heavy atom. The van der Waals surface area contributed by atoms with Gasteiger partial charge in [0.05, 0.1) is 0 Å². The number of hydrogen-bond donors (Lipinski definition) is 0. The van der Waals surface area contributed by atoms with Crippen molar-refractivity contribution < 1.29 is 18.9 Å². The van der Waals surface area contributed by atoms with E-state index in [0.717, 1.165) is 12.8 Å². The van der Waals surface area contributed by atoms with Crippen LogP contribution in [0.15, 0.2) is 0 Å². The predicted octanol–water partition coefficient (Wildman–Crippen LogP) is 5.01.